The molecule has 0 aliphatic heterocycles. The van der Waals surface area contributed by atoms with Gasteiger partial charge < -0.3 is 10.4 Å². The number of hydrogen-bond acceptors (Lipinski definition) is 2. The number of anilines is 1. The van der Waals surface area contributed by atoms with Crippen molar-refractivity contribution < 1.29 is 14.7 Å². The van der Waals surface area contributed by atoms with Gasteiger partial charge in [0, 0.05) is 11.6 Å². The quantitative estimate of drug-likeness (QED) is 0.862. The van der Waals surface area contributed by atoms with E-state index in [2.05, 4.69) is 5.32 Å². The first-order chi connectivity index (χ1) is 8.32. The zero-order valence-electron chi connectivity index (χ0n) is 11.2. The molecule has 0 fully saturated rings. The molecule has 0 bridgehead atoms. The lowest BCUT2D eigenvalue weighted by Crippen LogP contribution is -2.30. The van der Waals surface area contributed by atoms with E-state index in [1.165, 1.54) is 6.92 Å². The van der Waals surface area contributed by atoms with Crippen molar-refractivity contribution in [1.29, 1.82) is 0 Å². The summed E-state index contributed by atoms with van der Waals surface area (Å²) in [5.41, 5.74) is 2.83. The Morgan fingerprint density at radius 3 is 2.28 bits per heavy atom. The Morgan fingerprint density at radius 1 is 1.17 bits per heavy atom. The maximum Gasteiger partial charge on any atom is 0.307 e. The Kier molecular flexibility index (Phi) is 4.48. The third-order valence-electron chi connectivity index (χ3n) is 3.19. The molecule has 0 aliphatic rings. The average Bonchev–Trinajstić information content (AvgIpc) is 2.30. The number of aliphatic carboxylic acids is 1. The standard InChI is InChI=1S/C14H19NO3/c1-8-5-6-12(9(2)7-8)15-13(16)10(3)11(4)14(17)18/h5-7,10-11H,1-4H3,(H,15,16)(H,17,18). The first-order valence-electron chi connectivity index (χ1n) is 5.94. The summed E-state index contributed by atoms with van der Waals surface area (Å²) in [6, 6.07) is 5.72. The van der Waals surface area contributed by atoms with E-state index < -0.39 is 17.8 Å². The first kappa shape index (κ1) is 14.2. The average molecular weight is 249 g/mol. The number of aryl methyl sites for hydroxylation is 2. The Bertz CT molecular complexity index is 468. The van der Waals surface area contributed by atoms with Crippen molar-refractivity contribution in [2.24, 2.45) is 11.8 Å². The van der Waals surface area contributed by atoms with Crippen LogP contribution in [0.2, 0.25) is 0 Å². The van der Waals surface area contributed by atoms with Crippen molar-refractivity contribution in [3.8, 4) is 0 Å². The minimum atomic E-state index is -0.960. The van der Waals surface area contributed by atoms with E-state index in [1.54, 1.807) is 6.92 Å². The van der Waals surface area contributed by atoms with Crippen LogP contribution in [0.4, 0.5) is 5.69 Å². The topological polar surface area (TPSA) is 66.4 Å². The van der Waals surface area contributed by atoms with Gasteiger partial charge in [-0.05, 0) is 25.5 Å². The highest BCUT2D eigenvalue weighted by Crippen LogP contribution is 2.19. The van der Waals surface area contributed by atoms with Gasteiger partial charge in [0.2, 0.25) is 5.91 Å². The van der Waals surface area contributed by atoms with Crippen LogP contribution in [0.3, 0.4) is 0 Å². The van der Waals surface area contributed by atoms with Crippen LogP contribution in [0.1, 0.15) is 25.0 Å². The summed E-state index contributed by atoms with van der Waals surface area (Å²) in [6.45, 7) is 7.05. The molecule has 1 amide bonds. The van der Waals surface area contributed by atoms with E-state index in [9.17, 15) is 9.59 Å². The number of nitrogens with one attached hydrogen (secondary N) is 1. The molecule has 0 radical (unpaired) electrons. The van der Waals surface area contributed by atoms with Gasteiger partial charge in [-0.2, -0.15) is 0 Å². The monoisotopic (exact) mass is 249 g/mol. The molecule has 2 N–H and O–H groups in total. The van der Waals surface area contributed by atoms with E-state index in [-0.39, 0.29) is 5.91 Å². The SMILES string of the molecule is Cc1ccc(NC(=O)C(C)C(C)C(=O)O)c(C)c1. The Labute approximate surface area is 107 Å². The molecule has 0 spiro atoms. The third-order valence-corrected chi connectivity index (χ3v) is 3.19. The molecule has 0 aromatic heterocycles. The molecule has 4 heteroatoms. The highest BCUT2D eigenvalue weighted by molar-refractivity contribution is 5.95. The van der Waals surface area contributed by atoms with E-state index >= 15 is 0 Å². The number of carbonyl (C=O) groups is 2. The van der Waals surface area contributed by atoms with E-state index in [1.807, 2.05) is 32.0 Å². The van der Waals surface area contributed by atoms with Crippen molar-refractivity contribution in [3.05, 3.63) is 29.3 Å². The minimum Gasteiger partial charge on any atom is -0.481 e. The maximum absolute atomic E-state index is 11.9. The van der Waals surface area contributed by atoms with Gasteiger partial charge in [0.25, 0.3) is 0 Å². The van der Waals surface area contributed by atoms with Gasteiger partial charge in [-0.15, -0.1) is 0 Å². The Hall–Kier alpha value is -1.84. The Morgan fingerprint density at radius 2 is 1.78 bits per heavy atom. The summed E-state index contributed by atoms with van der Waals surface area (Å²) in [5.74, 6) is -2.49. The molecular weight excluding hydrogens is 230 g/mol. The second kappa shape index (κ2) is 5.67. The number of carboxylic acid groups (broad SMARTS) is 1. The molecule has 2 unspecified atom stereocenters. The molecule has 1 aromatic rings. The molecule has 1 aromatic carbocycles. The second-order valence-electron chi connectivity index (χ2n) is 4.72. The normalized spacial score (nSPS) is 13.8. The molecule has 4 nitrogen and oxygen atoms in total. The zero-order chi connectivity index (χ0) is 13.9. The van der Waals surface area contributed by atoms with E-state index in [0.717, 1.165) is 16.8 Å². The molecule has 0 saturated heterocycles. The predicted molar refractivity (Wildman–Crippen MR) is 70.5 cm³/mol. The van der Waals surface area contributed by atoms with Gasteiger partial charge in [-0.1, -0.05) is 31.5 Å². The van der Waals surface area contributed by atoms with E-state index in [0.29, 0.717) is 0 Å². The molecule has 0 saturated carbocycles. The van der Waals surface area contributed by atoms with Crippen LogP contribution in [0, 0.1) is 25.7 Å². The fraction of sp³-hybridized carbons (Fsp3) is 0.429. The zero-order valence-corrected chi connectivity index (χ0v) is 11.2. The van der Waals surface area contributed by atoms with Crippen LogP contribution in [-0.4, -0.2) is 17.0 Å². The van der Waals surface area contributed by atoms with Crippen molar-refractivity contribution in [2.45, 2.75) is 27.7 Å². The summed E-state index contributed by atoms with van der Waals surface area (Å²) in [4.78, 5) is 22.8. The highest BCUT2D eigenvalue weighted by atomic mass is 16.4. The van der Waals surface area contributed by atoms with Gasteiger partial charge >= 0.3 is 5.97 Å². The van der Waals surface area contributed by atoms with Gasteiger partial charge in [0.05, 0.1) is 5.92 Å². The van der Waals surface area contributed by atoms with Gasteiger partial charge in [0.15, 0.2) is 0 Å². The van der Waals surface area contributed by atoms with Crippen molar-refractivity contribution >= 4 is 17.6 Å². The second-order valence-corrected chi connectivity index (χ2v) is 4.72. The fourth-order valence-corrected chi connectivity index (χ4v) is 1.64. The fourth-order valence-electron chi connectivity index (χ4n) is 1.64. The van der Waals surface area contributed by atoms with Crippen molar-refractivity contribution in [2.75, 3.05) is 5.32 Å². The summed E-state index contributed by atoms with van der Waals surface area (Å²) in [6.07, 6.45) is 0. The van der Waals surface area contributed by atoms with Crippen LogP contribution < -0.4 is 5.32 Å². The number of amides is 1. The molecule has 18 heavy (non-hydrogen) atoms. The van der Waals surface area contributed by atoms with Gasteiger partial charge in [-0.25, -0.2) is 0 Å². The largest absolute Gasteiger partial charge is 0.481 e. The number of hydrogen-bond donors (Lipinski definition) is 2. The van der Waals surface area contributed by atoms with Crippen LogP contribution >= 0.6 is 0 Å². The van der Waals surface area contributed by atoms with Crippen LogP contribution in [0.25, 0.3) is 0 Å². The summed E-state index contributed by atoms with van der Waals surface area (Å²) in [5, 5.41) is 11.6. The first-order valence-corrected chi connectivity index (χ1v) is 5.94. The molecule has 98 valence electrons. The summed E-state index contributed by atoms with van der Waals surface area (Å²) >= 11 is 0. The van der Waals surface area contributed by atoms with Crippen molar-refractivity contribution in [1.82, 2.24) is 0 Å². The van der Waals surface area contributed by atoms with E-state index in [4.69, 9.17) is 5.11 Å². The molecule has 0 heterocycles. The van der Waals surface area contributed by atoms with Crippen LogP contribution in [-0.2, 0) is 9.59 Å². The summed E-state index contributed by atoms with van der Waals surface area (Å²) < 4.78 is 0. The number of benzene rings is 1. The molecular formula is C14H19NO3. The maximum atomic E-state index is 11.9. The van der Waals surface area contributed by atoms with Crippen LogP contribution in [0.15, 0.2) is 18.2 Å². The molecule has 0 aliphatic carbocycles. The van der Waals surface area contributed by atoms with Crippen molar-refractivity contribution in [3.63, 3.8) is 0 Å². The molecule has 2 atom stereocenters. The number of carboxylic acids is 1. The highest BCUT2D eigenvalue weighted by Gasteiger charge is 2.25. The number of rotatable bonds is 4. The van der Waals surface area contributed by atoms with Gasteiger partial charge in [-0.3, -0.25) is 9.59 Å². The lowest BCUT2D eigenvalue weighted by atomic mass is 9.95. The lowest BCUT2D eigenvalue weighted by Gasteiger charge is -2.17. The smallest absolute Gasteiger partial charge is 0.307 e. The van der Waals surface area contributed by atoms with Crippen LogP contribution in [0.5, 0.6) is 0 Å². The lowest BCUT2D eigenvalue weighted by molar-refractivity contribution is -0.145. The number of carbonyl (C=O) groups excluding carboxylic acids is 1. The predicted octanol–water partition coefficient (Wildman–Crippen LogP) is 2.60. The third kappa shape index (κ3) is 3.32. The molecule has 1 rings (SSSR count). The van der Waals surface area contributed by atoms with Gasteiger partial charge in [0.1, 0.15) is 0 Å². The summed E-state index contributed by atoms with van der Waals surface area (Å²) in [7, 11) is 0. The minimum absolute atomic E-state index is 0.267. The Balaban J connectivity index is 2.78.